The summed E-state index contributed by atoms with van der Waals surface area (Å²) in [7, 11) is 5.48. The second-order valence-corrected chi connectivity index (χ2v) is 5.72. The average molecular weight is 341 g/mol. The summed E-state index contributed by atoms with van der Waals surface area (Å²) in [5.74, 6) is 1.71. The molecule has 0 atom stereocenters. The summed E-state index contributed by atoms with van der Waals surface area (Å²) in [5.41, 5.74) is 2.38. The van der Waals surface area contributed by atoms with Gasteiger partial charge in [-0.25, -0.2) is 0 Å². The van der Waals surface area contributed by atoms with Gasteiger partial charge >= 0.3 is 0 Å². The topological polar surface area (TPSA) is 46.1 Å². The van der Waals surface area contributed by atoms with E-state index < -0.39 is 0 Å². The lowest BCUT2D eigenvalue weighted by atomic mass is 10.2. The standard InChI is InChI=1S/C20H27N3O2/c1-21-20(22-13-14-25-16-18-7-5-4-6-8-18)23(2)15-17-9-11-19(24-3)12-10-17/h4-12H,13-16H2,1-3H3,(H,21,22). The second kappa shape index (κ2) is 10.4. The summed E-state index contributed by atoms with van der Waals surface area (Å²) in [4.78, 5) is 6.41. The average Bonchev–Trinajstić information content (AvgIpc) is 2.66. The Morgan fingerprint density at radius 2 is 1.76 bits per heavy atom. The molecule has 5 heteroatoms. The molecule has 0 spiro atoms. The molecule has 5 nitrogen and oxygen atoms in total. The van der Waals surface area contributed by atoms with Crippen LogP contribution in [0.25, 0.3) is 0 Å². The summed E-state index contributed by atoms with van der Waals surface area (Å²) in [6.07, 6.45) is 0. The van der Waals surface area contributed by atoms with Gasteiger partial charge < -0.3 is 19.7 Å². The van der Waals surface area contributed by atoms with Gasteiger partial charge in [0.2, 0.25) is 0 Å². The van der Waals surface area contributed by atoms with Gasteiger partial charge in [-0.05, 0) is 23.3 Å². The van der Waals surface area contributed by atoms with Crippen LogP contribution in [-0.2, 0) is 17.9 Å². The molecule has 0 unspecified atom stereocenters. The SMILES string of the molecule is CN=C(NCCOCc1ccccc1)N(C)Cc1ccc(OC)cc1. The number of ether oxygens (including phenoxy) is 2. The van der Waals surface area contributed by atoms with Crippen molar-refractivity contribution < 1.29 is 9.47 Å². The van der Waals surface area contributed by atoms with Crippen molar-refractivity contribution in [2.24, 2.45) is 4.99 Å². The first-order chi connectivity index (χ1) is 12.2. The van der Waals surface area contributed by atoms with E-state index in [0.29, 0.717) is 19.8 Å². The minimum Gasteiger partial charge on any atom is -0.497 e. The normalized spacial score (nSPS) is 11.2. The van der Waals surface area contributed by atoms with Gasteiger partial charge in [-0.3, -0.25) is 4.99 Å². The molecule has 0 saturated carbocycles. The van der Waals surface area contributed by atoms with Gasteiger partial charge in [0, 0.05) is 27.2 Å². The van der Waals surface area contributed by atoms with E-state index in [9.17, 15) is 0 Å². The van der Waals surface area contributed by atoms with Crippen LogP contribution >= 0.6 is 0 Å². The monoisotopic (exact) mass is 341 g/mol. The molecule has 0 amide bonds. The Morgan fingerprint density at radius 1 is 1.04 bits per heavy atom. The molecule has 0 heterocycles. The maximum absolute atomic E-state index is 5.69. The zero-order valence-corrected chi connectivity index (χ0v) is 15.2. The Balaban J connectivity index is 1.71. The van der Waals surface area contributed by atoms with Gasteiger partial charge in [-0.15, -0.1) is 0 Å². The summed E-state index contributed by atoms with van der Waals surface area (Å²) in [6.45, 7) is 2.74. The highest BCUT2D eigenvalue weighted by Gasteiger charge is 2.06. The van der Waals surface area contributed by atoms with E-state index in [0.717, 1.165) is 18.3 Å². The molecule has 0 radical (unpaired) electrons. The number of hydrogen-bond acceptors (Lipinski definition) is 3. The van der Waals surface area contributed by atoms with Gasteiger partial charge in [0.1, 0.15) is 5.75 Å². The van der Waals surface area contributed by atoms with Gasteiger partial charge in [-0.2, -0.15) is 0 Å². The highest BCUT2D eigenvalue weighted by atomic mass is 16.5. The molecule has 2 aromatic carbocycles. The lowest BCUT2D eigenvalue weighted by molar-refractivity contribution is 0.125. The Bertz CT molecular complexity index is 642. The lowest BCUT2D eigenvalue weighted by Crippen LogP contribution is -2.39. The quantitative estimate of drug-likeness (QED) is 0.456. The molecule has 0 bridgehead atoms. The predicted molar refractivity (Wildman–Crippen MR) is 102 cm³/mol. The molecule has 25 heavy (non-hydrogen) atoms. The summed E-state index contributed by atoms with van der Waals surface area (Å²) < 4.78 is 10.9. The Hall–Kier alpha value is -2.53. The van der Waals surface area contributed by atoms with Crippen LogP contribution in [0.4, 0.5) is 0 Å². The first-order valence-corrected chi connectivity index (χ1v) is 8.39. The number of nitrogens with one attached hydrogen (secondary N) is 1. The van der Waals surface area contributed by atoms with Crippen LogP contribution in [0, 0.1) is 0 Å². The molecule has 2 aromatic rings. The predicted octanol–water partition coefficient (Wildman–Crippen LogP) is 2.92. The third kappa shape index (κ3) is 6.47. The van der Waals surface area contributed by atoms with E-state index in [1.807, 2.05) is 37.4 Å². The fraction of sp³-hybridized carbons (Fsp3) is 0.350. The summed E-state index contributed by atoms with van der Waals surface area (Å²) in [5, 5.41) is 3.32. The van der Waals surface area contributed by atoms with Crippen LogP contribution in [0.15, 0.2) is 59.6 Å². The zero-order chi connectivity index (χ0) is 17.9. The Morgan fingerprint density at radius 3 is 2.40 bits per heavy atom. The lowest BCUT2D eigenvalue weighted by Gasteiger charge is -2.22. The van der Waals surface area contributed by atoms with Gasteiger partial charge in [0.25, 0.3) is 0 Å². The van der Waals surface area contributed by atoms with Gasteiger partial charge in [-0.1, -0.05) is 42.5 Å². The minimum atomic E-state index is 0.628. The molecule has 0 saturated heterocycles. The van der Waals surface area contributed by atoms with E-state index in [1.165, 1.54) is 11.1 Å². The highest BCUT2D eigenvalue weighted by molar-refractivity contribution is 5.79. The van der Waals surface area contributed by atoms with E-state index in [4.69, 9.17) is 9.47 Å². The van der Waals surface area contributed by atoms with Gasteiger partial charge in [0.15, 0.2) is 5.96 Å². The molecule has 0 fully saturated rings. The maximum atomic E-state index is 5.69. The van der Waals surface area contributed by atoms with E-state index in [2.05, 4.69) is 39.5 Å². The van der Waals surface area contributed by atoms with Crippen molar-refractivity contribution in [3.63, 3.8) is 0 Å². The van der Waals surface area contributed by atoms with Crippen molar-refractivity contribution >= 4 is 5.96 Å². The maximum Gasteiger partial charge on any atom is 0.193 e. The minimum absolute atomic E-state index is 0.628. The smallest absolute Gasteiger partial charge is 0.193 e. The molecular weight excluding hydrogens is 314 g/mol. The van der Waals surface area contributed by atoms with Crippen molar-refractivity contribution in [1.82, 2.24) is 10.2 Å². The first-order valence-electron chi connectivity index (χ1n) is 8.39. The Labute approximate surface area is 150 Å². The van der Waals surface area contributed by atoms with Crippen molar-refractivity contribution in [3.05, 3.63) is 65.7 Å². The van der Waals surface area contributed by atoms with E-state index in [-0.39, 0.29) is 0 Å². The third-order valence-corrected chi connectivity index (χ3v) is 3.79. The van der Waals surface area contributed by atoms with Crippen molar-refractivity contribution in [2.45, 2.75) is 13.2 Å². The van der Waals surface area contributed by atoms with Gasteiger partial charge in [0.05, 0.1) is 20.3 Å². The van der Waals surface area contributed by atoms with Crippen LogP contribution in [0.2, 0.25) is 0 Å². The fourth-order valence-corrected chi connectivity index (χ4v) is 2.46. The second-order valence-electron chi connectivity index (χ2n) is 5.72. The van der Waals surface area contributed by atoms with Crippen LogP contribution < -0.4 is 10.1 Å². The van der Waals surface area contributed by atoms with Crippen molar-refractivity contribution in [1.29, 1.82) is 0 Å². The third-order valence-electron chi connectivity index (χ3n) is 3.79. The Kier molecular flexibility index (Phi) is 7.79. The molecule has 0 aromatic heterocycles. The molecule has 2 rings (SSSR count). The van der Waals surface area contributed by atoms with Crippen molar-refractivity contribution in [3.8, 4) is 5.75 Å². The summed E-state index contributed by atoms with van der Waals surface area (Å²) >= 11 is 0. The molecule has 0 aliphatic carbocycles. The molecule has 134 valence electrons. The number of nitrogens with zero attached hydrogens (tertiary/aromatic N) is 2. The van der Waals surface area contributed by atoms with Crippen molar-refractivity contribution in [2.75, 3.05) is 34.4 Å². The molecular formula is C20H27N3O2. The van der Waals surface area contributed by atoms with Crippen LogP contribution in [0.1, 0.15) is 11.1 Å². The molecule has 0 aliphatic rings. The largest absolute Gasteiger partial charge is 0.497 e. The highest BCUT2D eigenvalue weighted by Crippen LogP contribution is 2.12. The number of guanidine groups is 1. The molecule has 1 N–H and O–H groups in total. The number of aliphatic imine (C=N–C) groups is 1. The molecule has 0 aliphatic heterocycles. The fourth-order valence-electron chi connectivity index (χ4n) is 2.46. The van der Waals surface area contributed by atoms with Crippen LogP contribution in [0.3, 0.4) is 0 Å². The zero-order valence-electron chi connectivity index (χ0n) is 15.2. The first kappa shape index (κ1) is 18.8. The number of hydrogen-bond donors (Lipinski definition) is 1. The number of rotatable bonds is 8. The van der Waals surface area contributed by atoms with Crippen LogP contribution in [-0.4, -0.2) is 45.2 Å². The number of benzene rings is 2. The van der Waals surface area contributed by atoms with E-state index >= 15 is 0 Å². The summed E-state index contributed by atoms with van der Waals surface area (Å²) in [6, 6.07) is 18.2. The van der Waals surface area contributed by atoms with E-state index in [1.54, 1.807) is 14.2 Å². The van der Waals surface area contributed by atoms with Crippen LogP contribution in [0.5, 0.6) is 5.75 Å². The number of methoxy groups -OCH3 is 1.